The van der Waals surface area contributed by atoms with Crippen LogP contribution in [0.1, 0.15) is 23.1 Å². The Labute approximate surface area is 144 Å². The summed E-state index contributed by atoms with van der Waals surface area (Å²) in [5.41, 5.74) is 6.71. The van der Waals surface area contributed by atoms with Gasteiger partial charge in [0.15, 0.2) is 5.82 Å². The summed E-state index contributed by atoms with van der Waals surface area (Å²) in [5.74, 6) is 0.822. The van der Waals surface area contributed by atoms with Gasteiger partial charge < -0.3 is 16.2 Å². The molecule has 0 spiro atoms. The number of nitrogens with zero attached hydrogens (tertiary/aromatic N) is 4. The Kier molecular flexibility index (Phi) is 4.71. The van der Waals surface area contributed by atoms with E-state index in [2.05, 4.69) is 20.3 Å². The van der Waals surface area contributed by atoms with Crippen LogP contribution in [-0.2, 0) is 0 Å². The topological polar surface area (TPSA) is 119 Å². The largest absolute Gasteiger partial charge is 0.399 e. The van der Waals surface area contributed by atoms with E-state index in [1.54, 1.807) is 54.2 Å². The summed E-state index contributed by atoms with van der Waals surface area (Å²) >= 11 is 0. The zero-order valence-electron chi connectivity index (χ0n) is 13.6. The number of nitrogens with two attached hydrogens (primary N) is 1. The maximum Gasteiger partial charge on any atom is 0.228 e. The molecule has 25 heavy (non-hydrogen) atoms. The number of aliphatic hydroxyl groups excluding tert-OH is 1. The number of aliphatic hydroxyl groups is 1. The van der Waals surface area contributed by atoms with E-state index in [0.717, 1.165) is 0 Å². The summed E-state index contributed by atoms with van der Waals surface area (Å²) in [6, 6.07) is 8.40. The number of hydrogen-bond acceptors (Lipinski definition) is 7. The molecule has 0 saturated heterocycles. The average Bonchev–Trinajstić information content (AvgIpc) is 3.09. The van der Waals surface area contributed by atoms with E-state index in [-0.39, 0.29) is 11.6 Å². The molecule has 3 rings (SSSR count). The van der Waals surface area contributed by atoms with Gasteiger partial charge in [0, 0.05) is 36.4 Å². The molecule has 0 aliphatic rings. The minimum atomic E-state index is -0.527. The fraction of sp³-hybridized carbons (Fsp3) is 0.176. The summed E-state index contributed by atoms with van der Waals surface area (Å²) < 4.78 is 1.58. The van der Waals surface area contributed by atoms with Crippen molar-refractivity contribution >= 4 is 17.4 Å². The zero-order chi connectivity index (χ0) is 17.8. The van der Waals surface area contributed by atoms with E-state index in [1.807, 2.05) is 0 Å². The number of ketones is 1. The van der Waals surface area contributed by atoms with Crippen molar-refractivity contribution in [3.8, 4) is 5.82 Å². The minimum absolute atomic E-state index is 0.228. The Morgan fingerprint density at radius 1 is 1.32 bits per heavy atom. The summed E-state index contributed by atoms with van der Waals surface area (Å²) in [6.07, 6.45) is 4.23. The third kappa shape index (κ3) is 3.81. The molecule has 2 heterocycles. The van der Waals surface area contributed by atoms with E-state index < -0.39 is 6.10 Å². The first-order chi connectivity index (χ1) is 12.0. The molecule has 0 aliphatic heterocycles. The van der Waals surface area contributed by atoms with Crippen LogP contribution in [0, 0.1) is 0 Å². The first-order valence-corrected chi connectivity index (χ1v) is 7.73. The molecule has 1 atom stereocenters. The van der Waals surface area contributed by atoms with Gasteiger partial charge in [-0.05, 0) is 25.1 Å². The SMILES string of the molecule is CC(O)CNc1nccc(-n2ccnc2C(=O)c2cccc(N)c2)n1. The number of rotatable bonds is 6. The Morgan fingerprint density at radius 2 is 2.16 bits per heavy atom. The maximum absolute atomic E-state index is 12.7. The van der Waals surface area contributed by atoms with Crippen LogP contribution in [-0.4, -0.2) is 43.1 Å². The molecule has 1 aromatic carbocycles. The van der Waals surface area contributed by atoms with Gasteiger partial charge in [-0.1, -0.05) is 12.1 Å². The number of hydrogen-bond donors (Lipinski definition) is 3. The lowest BCUT2D eigenvalue weighted by atomic mass is 10.1. The van der Waals surface area contributed by atoms with Gasteiger partial charge in [-0.3, -0.25) is 9.36 Å². The van der Waals surface area contributed by atoms with Gasteiger partial charge in [-0.25, -0.2) is 9.97 Å². The van der Waals surface area contributed by atoms with Gasteiger partial charge in [-0.2, -0.15) is 4.98 Å². The predicted octanol–water partition coefficient (Wildman–Crippen LogP) is 1.27. The fourth-order valence-electron chi connectivity index (χ4n) is 2.27. The zero-order valence-corrected chi connectivity index (χ0v) is 13.6. The number of nitrogens with one attached hydrogen (secondary N) is 1. The summed E-state index contributed by atoms with van der Waals surface area (Å²) in [7, 11) is 0. The monoisotopic (exact) mass is 338 g/mol. The number of carbonyl (C=O) groups excluding carboxylic acids is 1. The quantitative estimate of drug-likeness (QED) is 0.457. The van der Waals surface area contributed by atoms with Crippen molar-refractivity contribution < 1.29 is 9.90 Å². The van der Waals surface area contributed by atoms with Crippen molar-refractivity contribution in [2.45, 2.75) is 13.0 Å². The van der Waals surface area contributed by atoms with Crippen molar-refractivity contribution in [3.05, 3.63) is 60.3 Å². The highest BCUT2D eigenvalue weighted by atomic mass is 16.3. The van der Waals surface area contributed by atoms with Crippen LogP contribution in [0.5, 0.6) is 0 Å². The minimum Gasteiger partial charge on any atom is -0.399 e. The molecule has 0 aliphatic carbocycles. The number of imidazole rings is 1. The van der Waals surface area contributed by atoms with E-state index in [0.29, 0.717) is 29.6 Å². The molecule has 8 heteroatoms. The average molecular weight is 338 g/mol. The highest BCUT2D eigenvalue weighted by Crippen LogP contribution is 2.15. The summed E-state index contributed by atoms with van der Waals surface area (Å²) in [6.45, 7) is 1.98. The van der Waals surface area contributed by atoms with Crippen molar-refractivity contribution in [3.63, 3.8) is 0 Å². The number of carbonyl (C=O) groups is 1. The highest BCUT2D eigenvalue weighted by molar-refractivity contribution is 6.07. The van der Waals surface area contributed by atoms with Crippen LogP contribution in [0.3, 0.4) is 0 Å². The first kappa shape index (κ1) is 16.6. The fourth-order valence-corrected chi connectivity index (χ4v) is 2.27. The van der Waals surface area contributed by atoms with Gasteiger partial charge in [0.05, 0.1) is 6.10 Å². The lowest BCUT2D eigenvalue weighted by molar-refractivity contribution is 0.102. The molecule has 1 unspecified atom stereocenters. The molecule has 0 fully saturated rings. The lowest BCUT2D eigenvalue weighted by Crippen LogP contribution is -2.17. The molecule has 8 nitrogen and oxygen atoms in total. The molecule has 3 aromatic rings. The van der Waals surface area contributed by atoms with Crippen molar-refractivity contribution in [2.24, 2.45) is 0 Å². The molecule has 0 radical (unpaired) electrons. The first-order valence-electron chi connectivity index (χ1n) is 7.73. The second kappa shape index (κ2) is 7.10. The number of anilines is 2. The Bertz CT molecular complexity index is 890. The number of benzene rings is 1. The van der Waals surface area contributed by atoms with Crippen molar-refractivity contribution in [2.75, 3.05) is 17.6 Å². The van der Waals surface area contributed by atoms with Gasteiger partial charge in [0.2, 0.25) is 11.7 Å². The molecule has 0 saturated carbocycles. The molecule has 0 bridgehead atoms. The Morgan fingerprint density at radius 3 is 2.92 bits per heavy atom. The second-order valence-corrected chi connectivity index (χ2v) is 5.54. The molecule has 2 aromatic heterocycles. The maximum atomic E-state index is 12.7. The van der Waals surface area contributed by atoms with Crippen molar-refractivity contribution in [1.29, 1.82) is 0 Å². The molecule has 4 N–H and O–H groups in total. The van der Waals surface area contributed by atoms with Gasteiger partial charge in [-0.15, -0.1) is 0 Å². The van der Waals surface area contributed by atoms with Crippen LogP contribution in [0.4, 0.5) is 11.6 Å². The van der Waals surface area contributed by atoms with E-state index in [1.165, 1.54) is 6.20 Å². The molecular formula is C17H18N6O2. The van der Waals surface area contributed by atoms with Crippen LogP contribution >= 0.6 is 0 Å². The van der Waals surface area contributed by atoms with Crippen LogP contribution in [0.15, 0.2) is 48.9 Å². The standard InChI is InChI=1S/C17H18N6O2/c1-11(24)10-21-17-20-6-5-14(22-17)23-8-7-19-16(23)15(25)12-3-2-4-13(18)9-12/h2-9,11,24H,10,18H2,1H3,(H,20,21,22). The smallest absolute Gasteiger partial charge is 0.228 e. The normalized spacial score (nSPS) is 11.9. The Balaban J connectivity index is 1.91. The number of aromatic nitrogens is 4. The molecular weight excluding hydrogens is 320 g/mol. The highest BCUT2D eigenvalue weighted by Gasteiger charge is 2.17. The van der Waals surface area contributed by atoms with Crippen LogP contribution in [0.25, 0.3) is 5.82 Å². The second-order valence-electron chi connectivity index (χ2n) is 5.54. The van der Waals surface area contributed by atoms with E-state index in [4.69, 9.17) is 5.73 Å². The molecule has 0 amide bonds. The van der Waals surface area contributed by atoms with Crippen LogP contribution < -0.4 is 11.1 Å². The lowest BCUT2D eigenvalue weighted by Gasteiger charge is -2.10. The van der Waals surface area contributed by atoms with Gasteiger partial charge >= 0.3 is 0 Å². The predicted molar refractivity (Wildman–Crippen MR) is 93.6 cm³/mol. The molecule has 128 valence electrons. The van der Waals surface area contributed by atoms with E-state index >= 15 is 0 Å². The van der Waals surface area contributed by atoms with Gasteiger partial charge in [0.25, 0.3) is 0 Å². The summed E-state index contributed by atoms with van der Waals surface area (Å²) in [5, 5.41) is 12.3. The van der Waals surface area contributed by atoms with Crippen LogP contribution in [0.2, 0.25) is 0 Å². The summed E-state index contributed by atoms with van der Waals surface area (Å²) in [4.78, 5) is 25.3. The third-order valence-electron chi connectivity index (χ3n) is 3.44. The Hall–Kier alpha value is -3.26. The van der Waals surface area contributed by atoms with E-state index in [9.17, 15) is 9.90 Å². The third-order valence-corrected chi connectivity index (χ3v) is 3.44. The van der Waals surface area contributed by atoms with Crippen molar-refractivity contribution in [1.82, 2.24) is 19.5 Å². The number of nitrogen functional groups attached to an aromatic ring is 1. The van der Waals surface area contributed by atoms with Gasteiger partial charge in [0.1, 0.15) is 5.82 Å².